The summed E-state index contributed by atoms with van der Waals surface area (Å²) in [6.07, 6.45) is 4.88. The van der Waals surface area contributed by atoms with Gasteiger partial charge in [0.1, 0.15) is 0 Å². The van der Waals surface area contributed by atoms with E-state index in [4.69, 9.17) is 28.3 Å². The molecule has 4 nitrogen and oxygen atoms in total. The molecule has 0 atom stereocenters. The van der Waals surface area contributed by atoms with Gasteiger partial charge < -0.3 is 10.4 Å². The van der Waals surface area contributed by atoms with E-state index in [2.05, 4.69) is 5.32 Å². The minimum atomic E-state index is -0.745. The molecular weight excluding hydrogens is 325 g/mol. The molecule has 0 heterocycles. The lowest BCUT2D eigenvalue weighted by Gasteiger charge is -2.08. The van der Waals surface area contributed by atoms with Gasteiger partial charge in [-0.15, -0.1) is 0 Å². The highest BCUT2D eigenvalue weighted by molar-refractivity contribution is 6.36. The van der Waals surface area contributed by atoms with Gasteiger partial charge in [0.15, 0.2) is 0 Å². The topological polar surface area (TPSA) is 66.4 Å². The molecule has 2 N–H and O–H groups in total. The molecule has 6 heteroatoms. The van der Waals surface area contributed by atoms with Crippen molar-refractivity contribution in [3.05, 3.63) is 33.8 Å². The van der Waals surface area contributed by atoms with Gasteiger partial charge in [-0.1, -0.05) is 48.5 Å². The Labute approximate surface area is 140 Å². The fraction of sp³-hybridized carbons (Fsp3) is 0.500. The van der Waals surface area contributed by atoms with Crippen LogP contribution in [0.4, 0.5) is 0 Å². The zero-order valence-corrected chi connectivity index (χ0v) is 13.9. The van der Waals surface area contributed by atoms with Crippen LogP contribution in [0.15, 0.2) is 18.2 Å². The number of rotatable bonds is 10. The van der Waals surface area contributed by atoms with Crippen molar-refractivity contribution in [3.63, 3.8) is 0 Å². The lowest BCUT2D eigenvalue weighted by Crippen LogP contribution is -2.26. The SMILES string of the molecule is O=C(O)CCCCCCCNC(=O)Cc1c(Cl)cccc1Cl. The number of aliphatic carboxylic acids is 1. The Bertz CT molecular complexity index is 486. The zero-order valence-electron chi connectivity index (χ0n) is 12.4. The molecule has 0 saturated carbocycles. The molecule has 0 aliphatic heterocycles. The number of carbonyl (C=O) groups is 2. The molecule has 0 aliphatic rings. The van der Waals surface area contributed by atoms with Crippen molar-refractivity contribution in [2.45, 2.75) is 44.9 Å². The van der Waals surface area contributed by atoms with Gasteiger partial charge >= 0.3 is 5.97 Å². The first-order valence-corrected chi connectivity index (χ1v) is 8.17. The molecule has 1 aromatic carbocycles. The van der Waals surface area contributed by atoms with Crippen LogP contribution in [-0.2, 0) is 16.0 Å². The Balaban J connectivity index is 2.13. The van der Waals surface area contributed by atoms with Gasteiger partial charge in [-0.2, -0.15) is 0 Å². The van der Waals surface area contributed by atoms with E-state index in [0.29, 0.717) is 28.6 Å². The molecule has 1 aromatic rings. The molecule has 0 radical (unpaired) electrons. The summed E-state index contributed by atoms with van der Waals surface area (Å²) in [6, 6.07) is 5.18. The summed E-state index contributed by atoms with van der Waals surface area (Å²) in [5.74, 6) is -0.841. The van der Waals surface area contributed by atoms with Crippen LogP contribution in [-0.4, -0.2) is 23.5 Å². The number of hydrogen-bond acceptors (Lipinski definition) is 2. The second-order valence-electron chi connectivity index (χ2n) is 5.14. The average molecular weight is 346 g/mol. The van der Waals surface area contributed by atoms with Crippen LogP contribution in [0, 0.1) is 0 Å². The van der Waals surface area contributed by atoms with Crippen LogP contribution >= 0.6 is 23.2 Å². The van der Waals surface area contributed by atoms with Gasteiger partial charge in [-0.25, -0.2) is 0 Å². The maximum Gasteiger partial charge on any atom is 0.303 e. The maximum absolute atomic E-state index is 11.8. The van der Waals surface area contributed by atoms with E-state index in [1.807, 2.05) is 0 Å². The number of halogens is 2. The third kappa shape index (κ3) is 7.66. The van der Waals surface area contributed by atoms with Crippen LogP contribution in [0.3, 0.4) is 0 Å². The van der Waals surface area contributed by atoms with Crippen molar-refractivity contribution in [3.8, 4) is 0 Å². The average Bonchev–Trinajstić information content (AvgIpc) is 2.45. The largest absolute Gasteiger partial charge is 0.481 e. The van der Waals surface area contributed by atoms with E-state index in [1.54, 1.807) is 18.2 Å². The second kappa shape index (κ2) is 10.5. The molecule has 0 spiro atoms. The summed E-state index contributed by atoms with van der Waals surface area (Å²) in [7, 11) is 0. The van der Waals surface area contributed by atoms with E-state index in [1.165, 1.54) is 0 Å². The predicted molar refractivity (Wildman–Crippen MR) is 88.5 cm³/mol. The Kier molecular flexibility index (Phi) is 8.94. The Morgan fingerprint density at radius 3 is 2.23 bits per heavy atom. The van der Waals surface area contributed by atoms with Gasteiger partial charge in [0.25, 0.3) is 0 Å². The molecule has 0 aromatic heterocycles. The quantitative estimate of drug-likeness (QED) is 0.628. The number of benzene rings is 1. The normalized spacial score (nSPS) is 10.5. The molecule has 122 valence electrons. The van der Waals surface area contributed by atoms with Crippen LogP contribution in [0.1, 0.15) is 44.1 Å². The highest BCUT2D eigenvalue weighted by Crippen LogP contribution is 2.24. The summed E-state index contributed by atoms with van der Waals surface area (Å²) >= 11 is 12.0. The second-order valence-corrected chi connectivity index (χ2v) is 5.95. The van der Waals surface area contributed by atoms with Gasteiger partial charge in [0.2, 0.25) is 5.91 Å². The number of amides is 1. The Morgan fingerprint density at radius 2 is 1.59 bits per heavy atom. The van der Waals surface area contributed by atoms with Crippen molar-refractivity contribution >= 4 is 35.1 Å². The lowest BCUT2D eigenvalue weighted by molar-refractivity contribution is -0.137. The van der Waals surface area contributed by atoms with E-state index < -0.39 is 5.97 Å². The van der Waals surface area contributed by atoms with E-state index in [0.717, 1.165) is 25.7 Å². The third-order valence-corrected chi connectivity index (χ3v) is 4.00. The van der Waals surface area contributed by atoms with Gasteiger partial charge in [-0.3, -0.25) is 9.59 Å². The summed E-state index contributed by atoms with van der Waals surface area (Å²) in [5.41, 5.74) is 0.650. The monoisotopic (exact) mass is 345 g/mol. The number of hydrogen-bond donors (Lipinski definition) is 2. The molecule has 1 amide bonds. The summed E-state index contributed by atoms with van der Waals surface area (Å²) in [6.45, 7) is 0.611. The minimum Gasteiger partial charge on any atom is -0.481 e. The van der Waals surface area contributed by atoms with Gasteiger partial charge in [-0.05, 0) is 30.5 Å². The molecular formula is C16H21Cl2NO3. The Hall–Kier alpha value is -1.26. The zero-order chi connectivity index (χ0) is 16.4. The van der Waals surface area contributed by atoms with Crippen molar-refractivity contribution in [1.29, 1.82) is 0 Å². The number of nitrogens with one attached hydrogen (secondary N) is 1. The number of carbonyl (C=O) groups excluding carboxylic acids is 1. The summed E-state index contributed by atoms with van der Waals surface area (Å²) in [4.78, 5) is 22.2. The predicted octanol–water partition coefficient (Wildman–Crippen LogP) is 4.08. The van der Waals surface area contributed by atoms with E-state index in [9.17, 15) is 9.59 Å². The third-order valence-electron chi connectivity index (χ3n) is 3.29. The van der Waals surface area contributed by atoms with Crippen LogP contribution in [0.25, 0.3) is 0 Å². The van der Waals surface area contributed by atoms with Crippen LogP contribution in [0.5, 0.6) is 0 Å². The first kappa shape index (κ1) is 18.8. The van der Waals surface area contributed by atoms with E-state index >= 15 is 0 Å². The number of carboxylic acid groups (broad SMARTS) is 1. The van der Waals surface area contributed by atoms with Crippen molar-refractivity contribution in [2.75, 3.05) is 6.54 Å². The minimum absolute atomic E-state index is 0.0964. The van der Waals surface area contributed by atoms with Crippen LogP contribution in [0.2, 0.25) is 10.0 Å². The highest BCUT2D eigenvalue weighted by atomic mass is 35.5. The first-order valence-electron chi connectivity index (χ1n) is 7.42. The van der Waals surface area contributed by atoms with Gasteiger partial charge in [0.05, 0.1) is 6.42 Å². The molecule has 0 bridgehead atoms. The molecule has 0 unspecified atom stereocenters. The summed E-state index contributed by atoms with van der Waals surface area (Å²) < 4.78 is 0. The Morgan fingerprint density at radius 1 is 1.00 bits per heavy atom. The van der Waals surface area contributed by atoms with Crippen molar-refractivity contribution in [1.82, 2.24) is 5.32 Å². The molecule has 0 saturated heterocycles. The maximum atomic E-state index is 11.8. The molecule has 22 heavy (non-hydrogen) atoms. The van der Waals surface area contributed by atoms with Crippen LogP contribution < -0.4 is 5.32 Å². The highest BCUT2D eigenvalue weighted by Gasteiger charge is 2.10. The standard InChI is InChI=1S/C16H21Cl2NO3/c17-13-7-6-8-14(18)12(13)11-15(20)19-10-5-3-1-2-4-9-16(21)22/h6-8H,1-5,9-11H2,(H,19,20)(H,21,22). The fourth-order valence-electron chi connectivity index (χ4n) is 2.08. The first-order chi connectivity index (χ1) is 10.5. The van der Waals surface area contributed by atoms with E-state index in [-0.39, 0.29) is 18.7 Å². The number of unbranched alkanes of at least 4 members (excludes halogenated alkanes) is 4. The number of carboxylic acids is 1. The van der Waals surface area contributed by atoms with Crippen molar-refractivity contribution in [2.24, 2.45) is 0 Å². The fourth-order valence-corrected chi connectivity index (χ4v) is 2.61. The summed E-state index contributed by atoms with van der Waals surface area (Å²) in [5, 5.41) is 12.4. The van der Waals surface area contributed by atoms with Crippen molar-refractivity contribution < 1.29 is 14.7 Å². The molecule has 0 fully saturated rings. The lowest BCUT2D eigenvalue weighted by atomic mass is 10.1. The molecule has 1 rings (SSSR count). The molecule has 0 aliphatic carbocycles. The van der Waals surface area contributed by atoms with Gasteiger partial charge in [0, 0.05) is 23.0 Å². The smallest absolute Gasteiger partial charge is 0.303 e.